The molecule has 114 valence electrons. The summed E-state index contributed by atoms with van der Waals surface area (Å²) in [6.07, 6.45) is 1.96. The van der Waals surface area contributed by atoms with Gasteiger partial charge in [0.1, 0.15) is 5.54 Å². The van der Waals surface area contributed by atoms with Crippen LogP contribution in [0.1, 0.15) is 12.5 Å². The molecule has 1 unspecified atom stereocenters. The van der Waals surface area contributed by atoms with Crippen LogP contribution < -0.4 is 10.7 Å². The van der Waals surface area contributed by atoms with Crippen LogP contribution in [0.15, 0.2) is 60.7 Å². The fraction of sp³-hybridized carbons (Fsp3) is 0.235. The van der Waals surface area contributed by atoms with Crippen molar-refractivity contribution in [2.24, 2.45) is 5.84 Å². The van der Waals surface area contributed by atoms with E-state index in [0.717, 1.165) is 11.3 Å². The lowest BCUT2D eigenvalue weighted by molar-refractivity contribution is -0.124. The van der Waals surface area contributed by atoms with Crippen LogP contribution in [0.5, 0.6) is 0 Å². The SMILES string of the molecule is CS[C@H]1N(c2ccccc2)C(=O)C(C)(c2ccccc2)N1N. The smallest absolute Gasteiger partial charge is 0.255 e. The second kappa shape index (κ2) is 5.76. The molecular formula is C17H19N3OS. The zero-order chi connectivity index (χ0) is 15.7. The molecule has 1 amide bonds. The van der Waals surface area contributed by atoms with Gasteiger partial charge >= 0.3 is 0 Å². The Morgan fingerprint density at radius 2 is 1.59 bits per heavy atom. The summed E-state index contributed by atoms with van der Waals surface area (Å²) < 4.78 is 0. The maximum Gasteiger partial charge on any atom is 0.255 e. The van der Waals surface area contributed by atoms with Gasteiger partial charge in [-0.25, -0.2) is 0 Å². The highest BCUT2D eigenvalue weighted by atomic mass is 32.2. The monoisotopic (exact) mass is 313 g/mol. The number of hydrogen-bond donors (Lipinski definition) is 1. The molecule has 0 spiro atoms. The summed E-state index contributed by atoms with van der Waals surface area (Å²) >= 11 is 1.55. The van der Waals surface area contributed by atoms with Crippen molar-refractivity contribution in [2.75, 3.05) is 11.2 Å². The van der Waals surface area contributed by atoms with Gasteiger partial charge in [0.2, 0.25) is 0 Å². The molecule has 2 atom stereocenters. The number of amides is 1. The summed E-state index contributed by atoms with van der Waals surface area (Å²) in [6, 6.07) is 19.4. The average Bonchev–Trinajstić information content (AvgIpc) is 2.78. The van der Waals surface area contributed by atoms with Gasteiger partial charge in [-0.3, -0.25) is 15.5 Å². The molecule has 4 nitrogen and oxygen atoms in total. The van der Waals surface area contributed by atoms with E-state index < -0.39 is 5.54 Å². The maximum absolute atomic E-state index is 13.2. The summed E-state index contributed by atoms with van der Waals surface area (Å²) in [5, 5.41) is 1.66. The van der Waals surface area contributed by atoms with Crippen molar-refractivity contribution >= 4 is 23.4 Å². The minimum absolute atomic E-state index is 0.00764. The van der Waals surface area contributed by atoms with Gasteiger partial charge in [-0.05, 0) is 30.9 Å². The molecule has 2 aromatic rings. The number of hydrogen-bond acceptors (Lipinski definition) is 4. The molecule has 2 aromatic carbocycles. The highest BCUT2D eigenvalue weighted by Gasteiger charge is 2.55. The van der Waals surface area contributed by atoms with Gasteiger partial charge in [0, 0.05) is 5.69 Å². The molecule has 1 fully saturated rings. The van der Waals surface area contributed by atoms with Gasteiger partial charge in [-0.2, -0.15) is 5.01 Å². The number of hydrazine groups is 1. The second-order valence-electron chi connectivity index (χ2n) is 5.42. The Bertz CT molecular complexity index is 664. The molecule has 1 heterocycles. The predicted molar refractivity (Wildman–Crippen MR) is 91.1 cm³/mol. The van der Waals surface area contributed by atoms with Crippen LogP contribution in [0.25, 0.3) is 0 Å². The zero-order valence-electron chi connectivity index (χ0n) is 12.6. The molecular weight excluding hydrogens is 294 g/mol. The van der Waals surface area contributed by atoms with E-state index in [1.54, 1.807) is 21.7 Å². The average molecular weight is 313 g/mol. The number of carbonyl (C=O) groups excluding carboxylic acids is 1. The Kier molecular flexibility index (Phi) is 3.95. The third-order valence-corrected chi connectivity index (χ3v) is 5.05. The lowest BCUT2D eigenvalue weighted by Crippen LogP contribution is -2.49. The van der Waals surface area contributed by atoms with Gasteiger partial charge in [-0.15, -0.1) is 11.8 Å². The van der Waals surface area contributed by atoms with E-state index in [0.29, 0.717) is 0 Å². The molecule has 5 heteroatoms. The molecule has 3 rings (SSSR count). The van der Waals surface area contributed by atoms with Crippen LogP contribution in [0.4, 0.5) is 5.69 Å². The van der Waals surface area contributed by atoms with E-state index in [2.05, 4.69) is 0 Å². The fourth-order valence-corrected chi connectivity index (χ4v) is 3.74. The number of benzene rings is 2. The summed E-state index contributed by atoms with van der Waals surface area (Å²) in [5.74, 6) is 6.36. The predicted octanol–water partition coefficient (Wildman–Crippen LogP) is 2.77. The maximum atomic E-state index is 13.2. The number of anilines is 1. The van der Waals surface area contributed by atoms with Crippen molar-refractivity contribution in [1.29, 1.82) is 0 Å². The Morgan fingerprint density at radius 1 is 1.05 bits per heavy atom. The normalized spacial score (nSPS) is 25.7. The molecule has 1 saturated heterocycles. The number of nitrogens with two attached hydrogens (primary N) is 1. The Morgan fingerprint density at radius 3 is 2.14 bits per heavy atom. The Hall–Kier alpha value is -1.82. The largest absolute Gasteiger partial charge is 0.284 e. The van der Waals surface area contributed by atoms with Crippen LogP contribution >= 0.6 is 11.8 Å². The van der Waals surface area contributed by atoms with E-state index in [1.807, 2.05) is 73.8 Å². The first kappa shape index (κ1) is 15.1. The number of thioether (sulfide) groups is 1. The van der Waals surface area contributed by atoms with Crippen molar-refractivity contribution < 1.29 is 4.79 Å². The zero-order valence-corrected chi connectivity index (χ0v) is 13.5. The lowest BCUT2D eigenvalue weighted by Gasteiger charge is -2.30. The summed E-state index contributed by atoms with van der Waals surface area (Å²) in [4.78, 5) is 15.0. The Labute approximate surface area is 134 Å². The van der Waals surface area contributed by atoms with E-state index in [9.17, 15) is 4.79 Å². The van der Waals surface area contributed by atoms with Gasteiger partial charge < -0.3 is 0 Å². The molecule has 0 saturated carbocycles. The first-order valence-electron chi connectivity index (χ1n) is 7.11. The molecule has 0 aromatic heterocycles. The van der Waals surface area contributed by atoms with Crippen LogP contribution in [-0.4, -0.2) is 22.7 Å². The first-order chi connectivity index (χ1) is 10.6. The standard InChI is InChI=1S/C17H19N3OS/c1-17(13-9-5-3-6-10-13)15(21)19(16(22-2)20(17)18)14-11-7-4-8-12-14/h3-12,16H,18H2,1-2H3/t16-,17?/m0/s1. The minimum Gasteiger partial charge on any atom is -0.284 e. The van der Waals surface area contributed by atoms with Crippen molar-refractivity contribution in [3.63, 3.8) is 0 Å². The molecule has 0 bridgehead atoms. The summed E-state index contributed by atoms with van der Waals surface area (Å²) in [5.41, 5.74) is 0.659. The van der Waals surface area contributed by atoms with Gasteiger partial charge in [-0.1, -0.05) is 48.5 Å². The molecule has 0 radical (unpaired) electrons. The fourth-order valence-electron chi connectivity index (χ4n) is 2.88. The molecule has 2 N–H and O–H groups in total. The quantitative estimate of drug-likeness (QED) is 0.885. The third kappa shape index (κ3) is 2.13. The van der Waals surface area contributed by atoms with Gasteiger partial charge in [0.25, 0.3) is 5.91 Å². The number of rotatable bonds is 3. The topological polar surface area (TPSA) is 49.6 Å². The van der Waals surface area contributed by atoms with Crippen LogP contribution in [0, 0.1) is 0 Å². The first-order valence-corrected chi connectivity index (χ1v) is 8.40. The van der Waals surface area contributed by atoms with Gasteiger partial charge in [0.15, 0.2) is 5.50 Å². The van der Waals surface area contributed by atoms with Crippen molar-refractivity contribution in [3.05, 3.63) is 66.2 Å². The molecule has 22 heavy (non-hydrogen) atoms. The molecule has 1 aliphatic heterocycles. The van der Waals surface area contributed by atoms with E-state index in [-0.39, 0.29) is 11.4 Å². The van der Waals surface area contributed by atoms with E-state index >= 15 is 0 Å². The number of para-hydroxylation sites is 1. The molecule has 1 aliphatic rings. The summed E-state index contributed by atoms with van der Waals surface area (Å²) in [7, 11) is 0. The summed E-state index contributed by atoms with van der Waals surface area (Å²) in [6.45, 7) is 1.89. The van der Waals surface area contributed by atoms with Crippen LogP contribution in [0.2, 0.25) is 0 Å². The van der Waals surface area contributed by atoms with Crippen molar-refractivity contribution in [1.82, 2.24) is 5.01 Å². The second-order valence-corrected chi connectivity index (χ2v) is 6.31. The Balaban J connectivity index is 2.10. The number of nitrogens with zero attached hydrogens (tertiary/aromatic N) is 2. The third-order valence-electron chi connectivity index (χ3n) is 4.19. The van der Waals surface area contributed by atoms with Crippen LogP contribution in [-0.2, 0) is 10.3 Å². The number of carbonyl (C=O) groups is 1. The highest BCUT2D eigenvalue weighted by molar-refractivity contribution is 7.99. The van der Waals surface area contributed by atoms with Crippen molar-refractivity contribution in [3.8, 4) is 0 Å². The highest BCUT2D eigenvalue weighted by Crippen LogP contribution is 2.42. The lowest BCUT2D eigenvalue weighted by atomic mass is 9.91. The van der Waals surface area contributed by atoms with E-state index in [4.69, 9.17) is 5.84 Å². The molecule has 0 aliphatic carbocycles. The van der Waals surface area contributed by atoms with Gasteiger partial charge in [0.05, 0.1) is 0 Å². The van der Waals surface area contributed by atoms with E-state index in [1.165, 1.54) is 0 Å². The van der Waals surface area contributed by atoms with Crippen LogP contribution in [0.3, 0.4) is 0 Å². The van der Waals surface area contributed by atoms with Crippen molar-refractivity contribution in [2.45, 2.75) is 18.0 Å². The minimum atomic E-state index is -0.870.